The number of halogens is 1. The van der Waals surface area contributed by atoms with Crippen LogP contribution >= 0.6 is 11.6 Å². The van der Waals surface area contributed by atoms with E-state index in [1.165, 1.54) is 0 Å². The summed E-state index contributed by atoms with van der Waals surface area (Å²) in [6.45, 7) is 0.402. The lowest BCUT2D eigenvalue weighted by molar-refractivity contribution is -0.137. The smallest absolute Gasteiger partial charge is 0.303 e. The number of benzene rings is 2. The number of carbonyl (C=O) groups excluding carboxylic acids is 1. The van der Waals surface area contributed by atoms with Crippen molar-refractivity contribution in [2.45, 2.75) is 25.4 Å². The van der Waals surface area contributed by atoms with Gasteiger partial charge in [-0.2, -0.15) is 0 Å². The molecule has 25 heavy (non-hydrogen) atoms. The molecule has 5 nitrogen and oxygen atoms in total. The monoisotopic (exact) mass is 361 g/mol. The van der Waals surface area contributed by atoms with E-state index in [-0.39, 0.29) is 12.3 Å². The van der Waals surface area contributed by atoms with Gasteiger partial charge in [-0.15, -0.1) is 0 Å². The molecule has 6 heteroatoms. The van der Waals surface area contributed by atoms with Gasteiger partial charge in [0.25, 0.3) is 5.91 Å². The van der Waals surface area contributed by atoms with Gasteiger partial charge in [-0.25, -0.2) is 0 Å². The van der Waals surface area contributed by atoms with Crippen LogP contribution in [-0.4, -0.2) is 23.5 Å². The fourth-order valence-electron chi connectivity index (χ4n) is 2.26. The van der Waals surface area contributed by atoms with Gasteiger partial charge < -0.3 is 15.2 Å². The van der Waals surface area contributed by atoms with E-state index in [1.54, 1.807) is 24.3 Å². The Bertz CT molecular complexity index is 688. The Hall–Kier alpha value is -2.53. The first-order valence-corrected chi connectivity index (χ1v) is 8.41. The van der Waals surface area contributed by atoms with E-state index >= 15 is 0 Å². The minimum absolute atomic E-state index is 0.0965. The number of nitrogens with one attached hydrogen (secondary N) is 1. The predicted molar refractivity (Wildman–Crippen MR) is 95.8 cm³/mol. The van der Waals surface area contributed by atoms with E-state index in [4.69, 9.17) is 21.4 Å². The molecule has 1 atom stereocenters. The number of carbonyl (C=O) groups is 2. The van der Waals surface area contributed by atoms with Crippen LogP contribution in [0.1, 0.15) is 30.9 Å². The molecular weight excluding hydrogens is 342 g/mol. The molecule has 1 unspecified atom stereocenters. The van der Waals surface area contributed by atoms with Crippen LogP contribution in [0.4, 0.5) is 0 Å². The first-order chi connectivity index (χ1) is 12.1. The van der Waals surface area contributed by atoms with Crippen LogP contribution in [0.3, 0.4) is 0 Å². The van der Waals surface area contributed by atoms with Crippen molar-refractivity contribution in [3.05, 3.63) is 65.2 Å². The number of unbranched alkanes of at least 4 members (excludes halogenated alkanes) is 1. The first-order valence-electron chi connectivity index (χ1n) is 8.03. The Morgan fingerprint density at radius 1 is 1.04 bits per heavy atom. The second kappa shape index (κ2) is 9.69. The molecule has 0 saturated carbocycles. The maximum Gasteiger partial charge on any atom is 0.303 e. The minimum atomic E-state index is -0.834. The van der Waals surface area contributed by atoms with E-state index in [2.05, 4.69) is 5.32 Å². The highest BCUT2D eigenvalue weighted by atomic mass is 35.5. The summed E-state index contributed by atoms with van der Waals surface area (Å²) in [5, 5.41) is 12.0. The summed E-state index contributed by atoms with van der Waals surface area (Å²) < 4.78 is 5.85. The second-order valence-electron chi connectivity index (χ2n) is 5.50. The topological polar surface area (TPSA) is 75.6 Å². The highest BCUT2D eigenvalue weighted by molar-refractivity contribution is 6.30. The second-order valence-corrected chi connectivity index (χ2v) is 5.94. The SMILES string of the molecule is O=C(O)CCCCNC(=O)C(Oc1ccc(Cl)cc1)c1ccccc1. The molecule has 1 amide bonds. The summed E-state index contributed by atoms with van der Waals surface area (Å²) in [6, 6.07) is 16.0. The summed E-state index contributed by atoms with van der Waals surface area (Å²) in [7, 11) is 0. The van der Waals surface area contributed by atoms with Crippen LogP contribution in [0.15, 0.2) is 54.6 Å². The van der Waals surface area contributed by atoms with Gasteiger partial charge in [-0.3, -0.25) is 9.59 Å². The van der Waals surface area contributed by atoms with Crippen molar-refractivity contribution in [2.75, 3.05) is 6.54 Å². The molecule has 2 aromatic carbocycles. The van der Waals surface area contributed by atoms with Crippen molar-refractivity contribution in [3.8, 4) is 5.75 Å². The van der Waals surface area contributed by atoms with E-state index in [0.29, 0.717) is 30.2 Å². The van der Waals surface area contributed by atoms with E-state index in [9.17, 15) is 9.59 Å². The molecule has 0 fully saturated rings. The highest BCUT2D eigenvalue weighted by Crippen LogP contribution is 2.23. The average molecular weight is 362 g/mol. The van der Waals surface area contributed by atoms with Crippen LogP contribution in [0.25, 0.3) is 0 Å². The van der Waals surface area contributed by atoms with Crippen LogP contribution in [0, 0.1) is 0 Å². The molecule has 0 saturated heterocycles. The van der Waals surface area contributed by atoms with Gasteiger partial charge >= 0.3 is 5.97 Å². The summed E-state index contributed by atoms with van der Waals surface area (Å²) in [5.41, 5.74) is 0.737. The van der Waals surface area contributed by atoms with Crippen molar-refractivity contribution in [2.24, 2.45) is 0 Å². The van der Waals surface area contributed by atoms with Gasteiger partial charge in [-0.05, 0) is 37.1 Å². The van der Waals surface area contributed by atoms with Crippen molar-refractivity contribution >= 4 is 23.5 Å². The number of ether oxygens (including phenoxy) is 1. The van der Waals surface area contributed by atoms with Crippen molar-refractivity contribution in [1.82, 2.24) is 5.32 Å². The molecule has 0 bridgehead atoms. The lowest BCUT2D eigenvalue weighted by Crippen LogP contribution is -2.33. The number of rotatable bonds is 9. The fraction of sp³-hybridized carbons (Fsp3) is 0.263. The van der Waals surface area contributed by atoms with Gasteiger partial charge in [0.2, 0.25) is 6.10 Å². The third kappa shape index (κ3) is 6.47. The summed E-state index contributed by atoms with van der Waals surface area (Å²) >= 11 is 5.87. The molecule has 2 aromatic rings. The number of hydrogen-bond donors (Lipinski definition) is 2. The Morgan fingerprint density at radius 3 is 2.36 bits per heavy atom. The minimum Gasteiger partial charge on any atom is -0.481 e. The number of amides is 1. The largest absolute Gasteiger partial charge is 0.481 e. The third-order valence-corrected chi connectivity index (χ3v) is 3.78. The predicted octanol–water partition coefficient (Wildman–Crippen LogP) is 3.83. The Labute approximate surface area is 151 Å². The fourth-order valence-corrected chi connectivity index (χ4v) is 2.38. The van der Waals surface area contributed by atoms with Crippen LogP contribution < -0.4 is 10.1 Å². The van der Waals surface area contributed by atoms with E-state index in [1.807, 2.05) is 30.3 Å². The number of carboxylic acids is 1. The van der Waals surface area contributed by atoms with Crippen molar-refractivity contribution in [1.29, 1.82) is 0 Å². The third-order valence-electron chi connectivity index (χ3n) is 3.52. The highest BCUT2D eigenvalue weighted by Gasteiger charge is 2.22. The molecule has 0 spiro atoms. The van der Waals surface area contributed by atoms with E-state index < -0.39 is 12.1 Å². The molecule has 0 aromatic heterocycles. The molecular formula is C19H20ClNO4. The van der Waals surface area contributed by atoms with Crippen LogP contribution in [0.5, 0.6) is 5.75 Å². The lowest BCUT2D eigenvalue weighted by atomic mass is 10.1. The van der Waals surface area contributed by atoms with E-state index in [0.717, 1.165) is 5.56 Å². The molecule has 132 valence electrons. The molecule has 2 N–H and O–H groups in total. The maximum atomic E-state index is 12.5. The molecule has 0 radical (unpaired) electrons. The first kappa shape index (κ1) is 18.8. The average Bonchev–Trinajstić information content (AvgIpc) is 2.61. The van der Waals surface area contributed by atoms with Gasteiger partial charge in [0, 0.05) is 23.6 Å². The molecule has 0 aliphatic carbocycles. The summed E-state index contributed by atoms with van der Waals surface area (Å²) in [4.78, 5) is 23.0. The van der Waals surface area contributed by atoms with Gasteiger partial charge in [0.05, 0.1) is 0 Å². The number of aliphatic carboxylic acids is 1. The quantitative estimate of drug-likeness (QED) is 0.665. The molecule has 0 heterocycles. The van der Waals surface area contributed by atoms with Crippen LogP contribution in [0.2, 0.25) is 5.02 Å². The Morgan fingerprint density at radius 2 is 1.72 bits per heavy atom. The zero-order chi connectivity index (χ0) is 18.1. The van der Waals surface area contributed by atoms with Crippen molar-refractivity contribution in [3.63, 3.8) is 0 Å². The standard InChI is InChI=1S/C19H20ClNO4/c20-15-9-11-16(12-10-15)25-18(14-6-2-1-3-7-14)19(24)21-13-5-4-8-17(22)23/h1-3,6-7,9-12,18H,4-5,8,13H2,(H,21,24)(H,22,23). The Balaban J connectivity index is 2.00. The number of carboxylic acid groups (broad SMARTS) is 1. The summed E-state index contributed by atoms with van der Waals surface area (Å²) in [5.74, 6) is -0.560. The zero-order valence-electron chi connectivity index (χ0n) is 13.7. The zero-order valence-corrected chi connectivity index (χ0v) is 14.4. The normalized spacial score (nSPS) is 11.6. The van der Waals surface area contributed by atoms with Crippen LogP contribution in [-0.2, 0) is 9.59 Å². The van der Waals surface area contributed by atoms with Gasteiger partial charge in [-0.1, -0.05) is 41.9 Å². The summed E-state index contributed by atoms with van der Waals surface area (Å²) in [6.07, 6.45) is 0.422. The maximum absolute atomic E-state index is 12.5. The molecule has 0 aliphatic rings. The Kier molecular flexibility index (Phi) is 7.29. The van der Waals surface area contributed by atoms with Gasteiger partial charge in [0.1, 0.15) is 5.75 Å². The van der Waals surface area contributed by atoms with Gasteiger partial charge in [0.15, 0.2) is 0 Å². The molecule has 2 rings (SSSR count). The lowest BCUT2D eigenvalue weighted by Gasteiger charge is -2.19. The van der Waals surface area contributed by atoms with Crippen molar-refractivity contribution < 1.29 is 19.4 Å². The number of hydrogen-bond acceptors (Lipinski definition) is 3. The molecule has 0 aliphatic heterocycles.